The van der Waals surface area contributed by atoms with Crippen molar-refractivity contribution in [2.24, 2.45) is 0 Å². The molecule has 0 unspecified atom stereocenters. The van der Waals surface area contributed by atoms with Crippen LogP contribution < -0.4 is 0 Å². The third-order valence-electron chi connectivity index (χ3n) is 5.29. The standard InChI is InChI=1S/C18H22O.C8H8O.CH2O.H2O4S/c1-11-6-16(7-12(2)15(11)5)10-17-8-13(3)18(19)14(4)9-17;1-6-4-3-5-7(2)8(6)9;1-2;1-5(2,3)4/h6-9,19H,10H2,1-5H3;4-5H,1-2H3;1H2;(H2,1,2,3,4)/p+1. The van der Waals surface area contributed by atoms with Gasteiger partial charge in [-0.15, -0.1) is 0 Å². The Hall–Kier alpha value is -3.29. The van der Waals surface area contributed by atoms with E-state index in [-0.39, 0.29) is 0 Å². The molecular formula is C27H35O7S+. The smallest absolute Gasteiger partial charge is 0.394 e. The Labute approximate surface area is 208 Å². The van der Waals surface area contributed by atoms with Crippen LogP contribution in [-0.4, -0.2) is 34.5 Å². The second kappa shape index (κ2) is 14.2. The van der Waals surface area contributed by atoms with Crippen LogP contribution in [0, 0.1) is 40.7 Å². The number of aliphatic hydroxyl groups is 1. The number of phenols is 1. The molecule has 0 saturated heterocycles. The Balaban J connectivity index is 0.000000598. The third-order valence-corrected chi connectivity index (χ3v) is 5.29. The van der Waals surface area contributed by atoms with Crippen molar-refractivity contribution in [3.05, 3.63) is 98.3 Å². The largest absolute Gasteiger partial charge is 0.507 e. The maximum Gasteiger partial charge on any atom is 0.394 e. The molecule has 0 amide bonds. The lowest BCUT2D eigenvalue weighted by atomic mass is 9.95. The van der Waals surface area contributed by atoms with Gasteiger partial charge in [0.1, 0.15) is 35.8 Å². The van der Waals surface area contributed by atoms with Crippen molar-refractivity contribution in [3.8, 4) is 5.75 Å². The maximum absolute atomic E-state index is 9.82. The van der Waals surface area contributed by atoms with Gasteiger partial charge in [-0.3, -0.25) is 9.11 Å². The summed E-state index contributed by atoms with van der Waals surface area (Å²) in [5, 5.41) is 19.0. The Morgan fingerprint density at radius 3 is 1.49 bits per heavy atom. The van der Waals surface area contributed by atoms with Crippen LogP contribution in [0.2, 0.25) is 0 Å². The van der Waals surface area contributed by atoms with Crippen LogP contribution in [0.4, 0.5) is 0 Å². The normalized spacial score (nSPS) is 12.1. The number of carbonyl (C=O) groups excluding carboxylic acids is 1. The summed E-state index contributed by atoms with van der Waals surface area (Å²) >= 11 is 0. The number of allylic oxidation sites excluding steroid dienone is 5. The van der Waals surface area contributed by atoms with Gasteiger partial charge in [-0.2, -0.15) is 8.42 Å². The lowest BCUT2D eigenvalue weighted by Gasteiger charge is -2.11. The molecule has 0 bridgehead atoms. The van der Waals surface area contributed by atoms with Crippen molar-refractivity contribution in [2.45, 2.75) is 54.9 Å². The summed E-state index contributed by atoms with van der Waals surface area (Å²) in [4.78, 5) is 8.00. The number of carbonyl (C=O) groups is 1. The number of hydrogen-bond donors (Lipinski definition) is 4. The second-order valence-corrected chi connectivity index (χ2v) is 9.12. The predicted octanol–water partition coefficient (Wildman–Crippen LogP) is 5.83. The molecule has 2 aromatic rings. The molecule has 190 valence electrons. The zero-order chi connectivity index (χ0) is 27.5. The maximum atomic E-state index is 9.82. The monoisotopic (exact) mass is 503 g/mol. The first kappa shape index (κ1) is 31.7. The third kappa shape index (κ3) is 11.6. The number of aryl methyl sites for hydroxylation is 4. The van der Waals surface area contributed by atoms with Crippen LogP contribution in [0.25, 0.3) is 0 Å². The fraction of sp³-hybridized carbons (Fsp3) is 0.296. The highest BCUT2D eigenvalue weighted by atomic mass is 32.3. The van der Waals surface area contributed by atoms with Crippen LogP contribution in [0.3, 0.4) is 0 Å². The predicted molar refractivity (Wildman–Crippen MR) is 139 cm³/mol. The van der Waals surface area contributed by atoms with Gasteiger partial charge in [0.05, 0.1) is 0 Å². The second-order valence-electron chi connectivity index (χ2n) is 8.23. The minimum Gasteiger partial charge on any atom is -0.507 e. The Morgan fingerprint density at radius 2 is 1.14 bits per heavy atom. The number of aliphatic hydroxyl groups excluding tert-OH is 1. The summed E-state index contributed by atoms with van der Waals surface area (Å²) in [5.74, 6) is 0.800. The van der Waals surface area contributed by atoms with Crippen molar-refractivity contribution in [2.75, 3.05) is 0 Å². The zero-order valence-corrected chi connectivity index (χ0v) is 22.1. The van der Waals surface area contributed by atoms with Crippen molar-refractivity contribution in [1.29, 1.82) is 0 Å². The van der Waals surface area contributed by atoms with Gasteiger partial charge < -0.3 is 15.0 Å². The number of benzene rings is 2. The van der Waals surface area contributed by atoms with Crippen LogP contribution in [-0.2, 0) is 21.6 Å². The van der Waals surface area contributed by atoms with Gasteiger partial charge in [0.25, 0.3) is 0 Å². The van der Waals surface area contributed by atoms with Crippen molar-refractivity contribution >= 4 is 17.2 Å². The molecular weight excluding hydrogens is 468 g/mol. The van der Waals surface area contributed by atoms with E-state index in [1.165, 1.54) is 27.8 Å². The number of phenolic OH excluding ortho intramolecular Hbond substituents is 1. The van der Waals surface area contributed by atoms with E-state index in [2.05, 4.69) is 51.1 Å². The molecule has 0 atom stereocenters. The van der Waals surface area contributed by atoms with Crippen LogP contribution in [0.5, 0.6) is 5.75 Å². The molecule has 4 N–H and O–H groups in total. The lowest BCUT2D eigenvalue weighted by molar-refractivity contribution is -0.0980. The van der Waals surface area contributed by atoms with Gasteiger partial charge in [-0.1, -0.05) is 24.3 Å². The topological polar surface area (TPSA) is 132 Å². The first-order valence-electron chi connectivity index (χ1n) is 10.6. The Kier molecular flexibility index (Phi) is 12.9. The fourth-order valence-corrected chi connectivity index (χ4v) is 3.35. The van der Waals surface area contributed by atoms with Gasteiger partial charge in [-0.25, -0.2) is 0 Å². The molecule has 3 rings (SSSR count). The van der Waals surface area contributed by atoms with Gasteiger partial charge in [0.15, 0.2) is 0 Å². The Bertz CT molecular complexity index is 1110. The molecule has 0 aromatic heterocycles. The Morgan fingerprint density at radius 1 is 0.771 bits per heavy atom. The first-order chi connectivity index (χ1) is 16.1. The summed E-state index contributed by atoms with van der Waals surface area (Å²) in [6.45, 7) is 16.1. The molecule has 7 nitrogen and oxygen atoms in total. The molecule has 0 fully saturated rings. The van der Waals surface area contributed by atoms with E-state index in [1.54, 1.807) is 12.2 Å². The summed E-state index contributed by atoms with van der Waals surface area (Å²) in [7, 11) is -4.67. The average molecular weight is 504 g/mol. The molecule has 1 aliphatic rings. The molecule has 8 heteroatoms. The minimum absolute atomic E-state index is 0.383. The molecule has 0 heterocycles. The number of aromatic hydroxyl groups is 1. The minimum atomic E-state index is -4.67. The molecule has 35 heavy (non-hydrogen) atoms. The van der Waals surface area contributed by atoms with Crippen molar-refractivity contribution < 1.29 is 32.5 Å². The summed E-state index contributed by atoms with van der Waals surface area (Å²) in [5.41, 5.74) is 10.3. The van der Waals surface area contributed by atoms with Crippen LogP contribution >= 0.6 is 0 Å². The van der Waals surface area contributed by atoms with Crippen molar-refractivity contribution in [3.63, 3.8) is 0 Å². The van der Waals surface area contributed by atoms with E-state index in [0.717, 1.165) is 28.7 Å². The molecule has 2 aromatic carbocycles. The quantitative estimate of drug-likeness (QED) is 0.300. The van der Waals surface area contributed by atoms with E-state index in [4.69, 9.17) is 22.3 Å². The van der Waals surface area contributed by atoms with E-state index < -0.39 is 10.4 Å². The van der Waals surface area contributed by atoms with Gasteiger partial charge >= 0.3 is 10.4 Å². The van der Waals surface area contributed by atoms with E-state index >= 15 is 0 Å². The molecule has 1 aliphatic carbocycles. The van der Waals surface area contributed by atoms with Crippen LogP contribution in [0.1, 0.15) is 52.8 Å². The highest BCUT2D eigenvalue weighted by Crippen LogP contribution is 2.25. The van der Waals surface area contributed by atoms with Gasteiger partial charge in [0, 0.05) is 19.9 Å². The molecule has 0 radical (unpaired) electrons. The first-order valence-corrected chi connectivity index (χ1v) is 12.0. The van der Waals surface area contributed by atoms with Gasteiger partial charge in [0.2, 0.25) is 5.76 Å². The zero-order valence-electron chi connectivity index (χ0n) is 21.3. The summed E-state index contributed by atoms with van der Waals surface area (Å²) in [6.07, 6.45) is 7.36. The lowest BCUT2D eigenvalue weighted by Crippen LogP contribution is -1.95. The molecule has 0 saturated carbocycles. The molecule has 0 spiro atoms. The van der Waals surface area contributed by atoms with Crippen LogP contribution in [0.15, 0.2) is 53.3 Å². The van der Waals surface area contributed by atoms with Crippen molar-refractivity contribution in [1.82, 2.24) is 0 Å². The van der Waals surface area contributed by atoms with E-state index in [1.807, 2.05) is 34.5 Å². The molecule has 0 aliphatic heterocycles. The highest BCUT2D eigenvalue weighted by molar-refractivity contribution is 7.79. The average Bonchev–Trinajstić information content (AvgIpc) is 2.75. The highest BCUT2D eigenvalue weighted by Gasteiger charge is 2.12. The summed E-state index contributed by atoms with van der Waals surface area (Å²) in [6, 6.07) is 8.68. The number of hydrogen-bond acceptors (Lipinski definition) is 5. The van der Waals surface area contributed by atoms with E-state index in [0.29, 0.717) is 11.5 Å². The van der Waals surface area contributed by atoms with E-state index in [9.17, 15) is 10.2 Å². The SMILES string of the molecule is C=O.CC1=C[C+]=CC(C)=C1O.Cc1cc(Cc2cc(C)c(O)c(C)c2)cc(C)c1C.O=S(=O)(O)O. The number of rotatable bonds is 2. The fourth-order valence-electron chi connectivity index (χ4n) is 3.35. The summed E-state index contributed by atoms with van der Waals surface area (Å²) < 4.78 is 31.6. The van der Waals surface area contributed by atoms with Gasteiger partial charge in [-0.05, 0) is 80.0 Å².